The number of nitriles is 1. The van der Waals surface area contributed by atoms with Gasteiger partial charge in [-0.05, 0) is 17.7 Å². The van der Waals surface area contributed by atoms with Crippen molar-refractivity contribution >= 4 is 11.8 Å². The van der Waals surface area contributed by atoms with Crippen molar-refractivity contribution in [1.82, 2.24) is 9.97 Å². The van der Waals surface area contributed by atoms with E-state index in [2.05, 4.69) is 9.97 Å². The summed E-state index contributed by atoms with van der Waals surface area (Å²) in [7, 11) is 0. The summed E-state index contributed by atoms with van der Waals surface area (Å²) in [6.45, 7) is 0.281. The average molecular weight is 335 g/mol. The molecule has 0 radical (unpaired) electrons. The highest BCUT2D eigenvalue weighted by Gasteiger charge is 2.13. The number of anilines is 2. The fourth-order valence-electron chi connectivity index (χ4n) is 2.30. The Hall–Kier alpha value is -3.66. The summed E-state index contributed by atoms with van der Waals surface area (Å²) in [6, 6.07) is 15.1. The molecule has 0 saturated carbocycles. The molecule has 0 amide bonds. The first kappa shape index (κ1) is 16.2. The van der Waals surface area contributed by atoms with Gasteiger partial charge < -0.3 is 16.2 Å². The van der Waals surface area contributed by atoms with Crippen LogP contribution < -0.4 is 16.2 Å². The monoisotopic (exact) mass is 335 g/mol. The highest BCUT2D eigenvalue weighted by Crippen LogP contribution is 2.25. The van der Waals surface area contributed by atoms with Gasteiger partial charge in [0.2, 0.25) is 5.95 Å². The molecule has 2 aromatic carbocycles. The predicted molar refractivity (Wildman–Crippen MR) is 91.7 cm³/mol. The SMILES string of the molecule is N#Cc1c(N)nc(N)nc1-c1ccc(COc2cccc(F)c2)cc1. The van der Waals surface area contributed by atoms with Gasteiger partial charge in [0.15, 0.2) is 0 Å². The molecule has 1 aromatic heterocycles. The van der Waals surface area contributed by atoms with Crippen LogP contribution in [-0.4, -0.2) is 9.97 Å². The van der Waals surface area contributed by atoms with Crippen molar-refractivity contribution in [2.24, 2.45) is 0 Å². The molecule has 0 unspecified atom stereocenters. The Morgan fingerprint density at radius 3 is 2.52 bits per heavy atom. The number of aromatic nitrogens is 2. The predicted octanol–water partition coefficient (Wildman–Crippen LogP) is 2.90. The molecule has 4 N–H and O–H groups in total. The standard InChI is InChI=1S/C18H14FN5O/c19-13-2-1-3-14(8-13)25-10-11-4-6-12(7-5-11)16-15(9-20)17(21)24-18(22)23-16/h1-8H,10H2,(H4,21,22,23,24). The van der Waals surface area contributed by atoms with Crippen LogP contribution in [0.3, 0.4) is 0 Å². The Labute approximate surface area is 143 Å². The summed E-state index contributed by atoms with van der Waals surface area (Å²) < 4.78 is 18.7. The molecule has 7 heteroatoms. The average Bonchev–Trinajstić information content (AvgIpc) is 2.60. The minimum atomic E-state index is -0.351. The second-order valence-electron chi connectivity index (χ2n) is 5.25. The molecule has 25 heavy (non-hydrogen) atoms. The lowest BCUT2D eigenvalue weighted by atomic mass is 10.1. The van der Waals surface area contributed by atoms with Crippen molar-refractivity contribution in [3.8, 4) is 23.1 Å². The number of ether oxygens (including phenoxy) is 1. The first-order valence-corrected chi connectivity index (χ1v) is 7.37. The second-order valence-corrected chi connectivity index (χ2v) is 5.25. The van der Waals surface area contributed by atoms with E-state index >= 15 is 0 Å². The Morgan fingerprint density at radius 2 is 1.84 bits per heavy atom. The molecule has 124 valence electrons. The van der Waals surface area contributed by atoms with Crippen molar-refractivity contribution in [3.63, 3.8) is 0 Å². The van der Waals surface area contributed by atoms with Gasteiger partial charge >= 0.3 is 0 Å². The fraction of sp³-hybridized carbons (Fsp3) is 0.0556. The van der Waals surface area contributed by atoms with Crippen molar-refractivity contribution in [1.29, 1.82) is 5.26 Å². The highest BCUT2D eigenvalue weighted by atomic mass is 19.1. The van der Waals surface area contributed by atoms with Crippen LogP contribution in [0.4, 0.5) is 16.2 Å². The van der Waals surface area contributed by atoms with Gasteiger partial charge in [-0.2, -0.15) is 10.2 Å². The molecule has 1 heterocycles. The van der Waals surface area contributed by atoms with Crippen LogP contribution in [0.15, 0.2) is 48.5 Å². The normalized spacial score (nSPS) is 10.2. The van der Waals surface area contributed by atoms with E-state index in [4.69, 9.17) is 16.2 Å². The van der Waals surface area contributed by atoms with Crippen LogP contribution in [-0.2, 0) is 6.61 Å². The van der Waals surface area contributed by atoms with Crippen molar-refractivity contribution in [2.45, 2.75) is 6.61 Å². The van der Waals surface area contributed by atoms with Crippen LogP contribution in [0.5, 0.6) is 5.75 Å². The Morgan fingerprint density at radius 1 is 1.08 bits per heavy atom. The van der Waals surface area contributed by atoms with Crippen LogP contribution >= 0.6 is 0 Å². The minimum absolute atomic E-state index is 0.00464. The third-order valence-corrected chi connectivity index (χ3v) is 3.50. The molecule has 0 aliphatic rings. The number of halogens is 1. The Bertz CT molecular complexity index is 951. The first-order valence-electron chi connectivity index (χ1n) is 7.37. The lowest BCUT2D eigenvalue weighted by Crippen LogP contribution is -2.05. The Balaban J connectivity index is 1.80. The number of nitrogens with zero attached hydrogens (tertiary/aromatic N) is 3. The summed E-state index contributed by atoms with van der Waals surface area (Å²) in [5.41, 5.74) is 13.5. The van der Waals surface area contributed by atoms with Gasteiger partial charge in [0.25, 0.3) is 0 Å². The summed E-state index contributed by atoms with van der Waals surface area (Å²) >= 11 is 0. The van der Waals surface area contributed by atoms with E-state index in [0.717, 1.165) is 5.56 Å². The number of hydrogen-bond donors (Lipinski definition) is 2. The van der Waals surface area contributed by atoms with Crippen LogP contribution in [0.25, 0.3) is 11.3 Å². The molecule has 3 rings (SSSR count). The zero-order chi connectivity index (χ0) is 17.8. The zero-order valence-electron chi connectivity index (χ0n) is 13.1. The quantitative estimate of drug-likeness (QED) is 0.758. The molecule has 0 saturated heterocycles. The van der Waals surface area contributed by atoms with Gasteiger partial charge in [-0.15, -0.1) is 0 Å². The molecule has 0 bridgehead atoms. The summed E-state index contributed by atoms with van der Waals surface area (Å²) in [5.74, 6) is 0.150. The molecule has 0 spiro atoms. The van der Waals surface area contributed by atoms with E-state index in [1.165, 1.54) is 12.1 Å². The number of benzene rings is 2. The van der Waals surface area contributed by atoms with E-state index in [9.17, 15) is 9.65 Å². The van der Waals surface area contributed by atoms with Crippen molar-refractivity contribution in [2.75, 3.05) is 11.5 Å². The fourth-order valence-corrected chi connectivity index (χ4v) is 2.30. The highest BCUT2D eigenvalue weighted by molar-refractivity contribution is 5.73. The first-order chi connectivity index (χ1) is 12.1. The molecule has 0 fully saturated rings. The molecular weight excluding hydrogens is 321 g/mol. The smallest absolute Gasteiger partial charge is 0.222 e. The molecular formula is C18H14FN5O. The van der Waals surface area contributed by atoms with E-state index < -0.39 is 0 Å². The summed E-state index contributed by atoms with van der Waals surface area (Å²) in [5, 5.41) is 9.24. The largest absolute Gasteiger partial charge is 0.489 e. The van der Waals surface area contributed by atoms with E-state index in [-0.39, 0.29) is 29.8 Å². The van der Waals surface area contributed by atoms with Crippen LogP contribution in [0.2, 0.25) is 0 Å². The minimum Gasteiger partial charge on any atom is -0.489 e. The van der Waals surface area contributed by atoms with E-state index in [1.807, 2.05) is 18.2 Å². The van der Waals surface area contributed by atoms with Gasteiger partial charge in [-0.3, -0.25) is 0 Å². The molecule has 0 atom stereocenters. The number of rotatable bonds is 4. The van der Waals surface area contributed by atoms with Gasteiger partial charge in [-0.1, -0.05) is 30.3 Å². The van der Waals surface area contributed by atoms with E-state index in [1.54, 1.807) is 24.3 Å². The summed E-state index contributed by atoms with van der Waals surface area (Å²) in [4.78, 5) is 7.89. The maximum absolute atomic E-state index is 13.1. The topological polar surface area (TPSA) is 111 Å². The number of nitrogen functional groups attached to an aromatic ring is 2. The Kier molecular flexibility index (Phi) is 4.44. The second kappa shape index (κ2) is 6.84. The third-order valence-electron chi connectivity index (χ3n) is 3.50. The number of hydrogen-bond acceptors (Lipinski definition) is 6. The molecule has 0 aliphatic carbocycles. The number of nitrogens with two attached hydrogens (primary N) is 2. The summed E-state index contributed by atoms with van der Waals surface area (Å²) in [6.07, 6.45) is 0. The lowest BCUT2D eigenvalue weighted by Gasteiger charge is -2.09. The van der Waals surface area contributed by atoms with Gasteiger partial charge in [-0.25, -0.2) is 9.37 Å². The molecule has 6 nitrogen and oxygen atoms in total. The lowest BCUT2D eigenvalue weighted by molar-refractivity contribution is 0.304. The zero-order valence-corrected chi connectivity index (χ0v) is 13.1. The van der Waals surface area contributed by atoms with Gasteiger partial charge in [0.1, 0.15) is 35.6 Å². The third kappa shape index (κ3) is 3.64. The maximum atomic E-state index is 13.1. The molecule has 3 aromatic rings. The van der Waals surface area contributed by atoms with E-state index in [0.29, 0.717) is 17.0 Å². The van der Waals surface area contributed by atoms with Gasteiger partial charge in [0.05, 0.1) is 5.69 Å². The van der Waals surface area contributed by atoms with Crippen LogP contribution in [0, 0.1) is 17.1 Å². The van der Waals surface area contributed by atoms with Crippen molar-refractivity contribution < 1.29 is 9.13 Å². The van der Waals surface area contributed by atoms with Crippen LogP contribution in [0.1, 0.15) is 11.1 Å². The van der Waals surface area contributed by atoms with Crippen molar-refractivity contribution in [3.05, 3.63) is 65.5 Å². The van der Waals surface area contributed by atoms with Gasteiger partial charge in [0, 0.05) is 11.6 Å². The maximum Gasteiger partial charge on any atom is 0.222 e. The molecule has 0 aliphatic heterocycles.